The van der Waals surface area contributed by atoms with Gasteiger partial charge in [-0.05, 0) is 51.6 Å². The van der Waals surface area contributed by atoms with Crippen LogP contribution in [0.2, 0.25) is 0 Å². The van der Waals surface area contributed by atoms with Crippen molar-refractivity contribution in [3.63, 3.8) is 0 Å². The number of H-pyrrole nitrogens is 1. The number of hydrogen-bond acceptors (Lipinski definition) is 7. The van der Waals surface area contributed by atoms with Crippen LogP contribution in [0.5, 0.6) is 0 Å². The number of rotatable bonds is 5. The number of nitrogens with one attached hydrogen (secondary N) is 2. The minimum atomic E-state index is -0.227. The molecule has 0 saturated carbocycles. The van der Waals surface area contributed by atoms with Crippen LogP contribution >= 0.6 is 11.3 Å². The zero-order valence-corrected chi connectivity index (χ0v) is 17.9. The number of thiophene rings is 1. The molecule has 0 aliphatic heterocycles. The maximum absolute atomic E-state index is 12.8. The van der Waals surface area contributed by atoms with Gasteiger partial charge >= 0.3 is 0 Å². The van der Waals surface area contributed by atoms with Crippen LogP contribution in [0.1, 0.15) is 48.3 Å². The fourth-order valence-electron chi connectivity index (χ4n) is 3.74. The van der Waals surface area contributed by atoms with Gasteiger partial charge in [0.15, 0.2) is 5.82 Å². The first kappa shape index (κ1) is 19.8. The molecule has 0 spiro atoms. The number of carbonyl (C=O) groups is 1. The monoisotopic (exact) mass is 415 g/mol. The molecule has 1 aliphatic carbocycles. The van der Waals surface area contributed by atoms with E-state index in [1.165, 1.54) is 10.4 Å². The smallest absolute Gasteiger partial charge is 0.259 e. The van der Waals surface area contributed by atoms with Crippen molar-refractivity contribution in [3.05, 3.63) is 38.4 Å². The lowest BCUT2D eigenvalue weighted by Crippen LogP contribution is -2.33. The van der Waals surface area contributed by atoms with Crippen molar-refractivity contribution < 1.29 is 9.32 Å². The van der Waals surface area contributed by atoms with Crippen LogP contribution in [0.4, 0.5) is 5.82 Å². The van der Waals surface area contributed by atoms with Crippen molar-refractivity contribution in [3.8, 4) is 0 Å². The third kappa shape index (κ3) is 3.97. The fourth-order valence-corrected chi connectivity index (χ4v) is 5.13. The van der Waals surface area contributed by atoms with E-state index >= 15 is 0 Å². The van der Waals surface area contributed by atoms with Crippen molar-refractivity contribution >= 4 is 33.3 Å². The van der Waals surface area contributed by atoms with Crippen LogP contribution in [-0.2, 0) is 17.6 Å². The number of anilines is 1. The first-order chi connectivity index (χ1) is 13.8. The first-order valence-corrected chi connectivity index (χ1v) is 10.6. The second-order valence-electron chi connectivity index (χ2n) is 7.95. The lowest BCUT2D eigenvalue weighted by Gasteiger charge is -2.23. The highest BCUT2D eigenvalue weighted by atomic mass is 32.1. The Hall–Kier alpha value is -2.52. The summed E-state index contributed by atoms with van der Waals surface area (Å²) in [5, 5.41) is 7.21. The van der Waals surface area contributed by atoms with E-state index in [0.29, 0.717) is 23.3 Å². The average Bonchev–Trinajstić information content (AvgIpc) is 3.23. The number of amides is 1. The molecular weight excluding hydrogens is 390 g/mol. The van der Waals surface area contributed by atoms with E-state index in [9.17, 15) is 9.59 Å². The highest BCUT2D eigenvalue weighted by Crippen LogP contribution is 2.36. The molecule has 3 heterocycles. The Labute approximate surface area is 172 Å². The first-order valence-electron chi connectivity index (χ1n) is 9.79. The Bertz CT molecular complexity index is 1120. The Morgan fingerprint density at radius 3 is 3.03 bits per heavy atom. The van der Waals surface area contributed by atoms with Gasteiger partial charge in [0.05, 0.1) is 18.0 Å². The van der Waals surface area contributed by atoms with E-state index in [1.54, 1.807) is 24.3 Å². The summed E-state index contributed by atoms with van der Waals surface area (Å²) in [5.74, 6) is 2.02. The standard InChI is InChI=1S/C20H25N5O3S/c1-10-5-6-13-14(7-10)29-20-17(13)19(27)22-18(23-20)12(3)25(4)9-16(26)21-15-8-11(2)28-24-15/h8,10,12H,5-7,9H2,1-4H3,(H,21,24,26)(H,22,23,27). The van der Waals surface area contributed by atoms with E-state index < -0.39 is 0 Å². The average molecular weight is 416 g/mol. The van der Waals surface area contributed by atoms with Crippen molar-refractivity contribution in [2.45, 2.75) is 46.1 Å². The van der Waals surface area contributed by atoms with Gasteiger partial charge in [0, 0.05) is 10.9 Å². The number of fused-ring (bicyclic) bond motifs is 3. The topological polar surface area (TPSA) is 104 Å². The van der Waals surface area contributed by atoms with Gasteiger partial charge in [-0.15, -0.1) is 11.3 Å². The summed E-state index contributed by atoms with van der Waals surface area (Å²) in [5.41, 5.74) is 1.09. The number of likely N-dealkylation sites (N-methyl/N-ethyl adjacent to an activating group) is 1. The Morgan fingerprint density at radius 2 is 2.31 bits per heavy atom. The molecule has 3 aromatic heterocycles. The summed E-state index contributed by atoms with van der Waals surface area (Å²) in [6.45, 7) is 6.07. The molecule has 1 aliphatic rings. The molecule has 2 unspecified atom stereocenters. The van der Waals surface area contributed by atoms with Gasteiger partial charge < -0.3 is 14.8 Å². The second-order valence-corrected chi connectivity index (χ2v) is 9.03. The SMILES string of the molecule is Cc1cc(NC(=O)CN(C)C(C)c2nc3sc4c(c3c(=O)[nH]2)CCC(C)C4)no1. The highest BCUT2D eigenvalue weighted by molar-refractivity contribution is 7.18. The van der Waals surface area contributed by atoms with Crippen molar-refractivity contribution in [1.82, 2.24) is 20.0 Å². The quantitative estimate of drug-likeness (QED) is 0.664. The summed E-state index contributed by atoms with van der Waals surface area (Å²) >= 11 is 1.63. The minimum absolute atomic E-state index is 0.0835. The predicted octanol–water partition coefficient (Wildman–Crippen LogP) is 3.04. The predicted molar refractivity (Wildman–Crippen MR) is 112 cm³/mol. The van der Waals surface area contributed by atoms with Crippen LogP contribution in [0.25, 0.3) is 10.2 Å². The summed E-state index contributed by atoms with van der Waals surface area (Å²) in [6.07, 6.45) is 3.07. The molecule has 3 aromatic rings. The molecule has 4 rings (SSSR count). The molecule has 8 nitrogen and oxygen atoms in total. The Morgan fingerprint density at radius 1 is 1.52 bits per heavy atom. The largest absolute Gasteiger partial charge is 0.360 e. The van der Waals surface area contributed by atoms with E-state index in [4.69, 9.17) is 9.51 Å². The molecule has 0 fully saturated rings. The van der Waals surface area contributed by atoms with Gasteiger partial charge in [0.2, 0.25) is 5.91 Å². The third-order valence-electron chi connectivity index (χ3n) is 5.53. The zero-order valence-electron chi connectivity index (χ0n) is 17.0. The molecule has 0 saturated heterocycles. The van der Waals surface area contributed by atoms with Gasteiger partial charge in [-0.25, -0.2) is 4.98 Å². The molecule has 1 amide bonds. The van der Waals surface area contributed by atoms with Gasteiger partial charge in [-0.3, -0.25) is 14.5 Å². The number of aromatic nitrogens is 3. The summed E-state index contributed by atoms with van der Waals surface area (Å²) in [4.78, 5) is 36.7. The number of aromatic amines is 1. The van der Waals surface area contributed by atoms with E-state index in [0.717, 1.165) is 29.5 Å². The third-order valence-corrected chi connectivity index (χ3v) is 6.68. The van der Waals surface area contributed by atoms with E-state index in [1.807, 2.05) is 18.9 Å². The maximum atomic E-state index is 12.8. The number of hydrogen-bond donors (Lipinski definition) is 2. The lowest BCUT2D eigenvalue weighted by molar-refractivity contribution is -0.117. The van der Waals surface area contributed by atoms with E-state index in [-0.39, 0.29) is 24.1 Å². The molecular formula is C20H25N5O3S. The highest BCUT2D eigenvalue weighted by Gasteiger charge is 2.25. The van der Waals surface area contributed by atoms with Crippen LogP contribution in [0.3, 0.4) is 0 Å². The van der Waals surface area contributed by atoms with E-state index in [2.05, 4.69) is 22.4 Å². The van der Waals surface area contributed by atoms with Gasteiger partial charge in [0.25, 0.3) is 5.56 Å². The number of aryl methyl sites for hydroxylation is 2. The fraction of sp³-hybridized carbons (Fsp3) is 0.500. The molecule has 0 bridgehead atoms. The van der Waals surface area contributed by atoms with Gasteiger partial charge in [-0.2, -0.15) is 0 Å². The Balaban J connectivity index is 1.52. The Kier molecular flexibility index (Phi) is 5.26. The number of nitrogens with zero attached hydrogens (tertiary/aromatic N) is 3. The van der Waals surface area contributed by atoms with Crippen molar-refractivity contribution in [2.24, 2.45) is 5.92 Å². The van der Waals surface area contributed by atoms with Crippen LogP contribution in [-0.4, -0.2) is 39.5 Å². The lowest BCUT2D eigenvalue weighted by atomic mass is 9.89. The molecule has 0 radical (unpaired) electrons. The van der Waals surface area contributed by atoms with Crippen LogP contribution < -0.4 is 10.9 Å². The summed E-state index contributed by atoms with van der Waals surface area (Å²) in [7, 11) is 1.82. The van der Waals surface area contributed by atoms with Crippen LogP contribution in [0, 0.1) is 12.8 Å². The molecule has 29 heavy (non-hydrogen) atoms. The molecule has 154 valence electrons. The van der Waals surface area contributed by atoms with Gasteiger partial charge in [-0.1, -0.05) is 12.1 Å². The zero-order chi connectivity index (χ0) is 20.7. The van der Waals surface area contributed by atoms with Crippen LogP contribution in [0.15, 0.2) is 15.4 Å². The molecule has 2 atom stereocenters. The maximum Gasteiger partial charge on any atom is 0.259 e. The molecule has 0 aromatic carbocycles. The van der Waals surface area contributed by atoms with Gasteiger partial charge in [0.1, 0.15) is 16.4 Å². The van der Waals surface area contributed by atoms with Crippen molar-refractivity contribution in [1.29, 1.82) is 0 Å². The second kappa shape index (κ2) is 7.72. The normalized spacial score (nSPS) is 17.5. The van der Waals surface area contributed by atoms with Crippen molar-refractivity contribution in [2.75, 3.05) is 18.9 Å². The number of carbonyl (C=O) groups excluding carboxylic acids is 1. The molecule has 9 heteroatoms. The minimum Gasteiger partial charge on any atom is -0.360 e. The molecule has 2 N–H and O–H groups in total. The summed E-state index contributed by atoms with van der Waals surface area (Å²) in [6, 6.07) is 1.43. The summed E-state index contributed by atoms with van der Waals surface area (Å²) < 4.78 is 4.96.